The molecule has 0 heterocycles. The zero-order chi connectivity index (χ0) is 14.0. The molecular weight excluding hydrogens is 240 g/mol. The molecule has 0 aromatic carbocycles. The zero-order valence-electron chi connectivity index (χ0n) is 10.7. The molecular formula is C11H20N2O5. The number of unbranched alkanes of at least 4 members (excludes halogenated alkanes) is 1. The number of nitrogens with one attached hydrogen (secondary N) is 2. The summed E-state index contributed by atoms with van der Waals surface area (Å²) in [5, 5.41) is 13.6. The first-order chi connectivity index (χ1) is 8.51. The predicted molar refractivity (Wildman–Crippen MR) is 64.1 cm³/mol. The van der Waals surface area contributed by atoms with E-state index < -0.39 is 24.0 Å². The van der Waals surface area contributed by atoms with Gasteiger partial charge in [-0.25, -0.2) is 9.59 Å². The van der Waals surface area contributed by atoms with Crippen LogP contribution in [0.25, 0.3) is 0 Å². The second kappa shape index (κ2) is 9.26. The molecule has 0 radical (unpaired) electrons. The molecule has 0 saturated carbocycles. The lowest BCUT2D eigenvalue weighted by Crippen LogP contribution is -2.46. The van der Waals surface area contributed by atoms with Crippen molar-refractivity contribution in [2.24, 2.45) is 0 Å². The van der Waals surface area contributed by atoms with Gasteiger partial charge in [0.15, 0.2) is 0 Å². The van der Waals surface area contributed by atoms with E-state index in [0.717, 1.165) is 12.8 Å². The van der Waals surface area contributed by atoms with E-state index in [1.165, 1.54) is 7.11 Å². The highest BCUT2D eigenvalue weighted by molar-refractivity contribution is 5.82. The number of carboxylic acids is 1. The number of esters is 1. The molecule has 0 aliphatic carbocycles. The first-order valence-corrected chi connectivity index (χ1v) is 5.85. The fraction of sp³-hybridized carbons (Fsp3) is 0.727. The molecule has 0 aliphatic rings. The zero-order valence-corrected chi connectivity index (χ0v) is 10.7. The van der Waals surface area contributed by atoms with Crippen LogP contribution in [0, 0.1) is 0 Å². The van der Waals surface area contributed by atoms with Gasteiger partial charge in [-0.3, -0.25) is 4.79 Å². The monoisotopic (exact) mass is 260 g/mol. The van der Waals surface area contributed by atoms with Crippen molar-refractivity contribution in [1.29, 1.82) is 0 Å². The maximum absolute atomic E-state index is 11.4. The van der Waals surface area contributed by atoms with Crippen LogP contribution in [0.15, 0.2) is 0 Å². The van der Waals surface area contributed by atoms with E-state index in [9.17, 15) is 14.4 Å². The average Bonchev–Trinajstić information content (AvgIpc) is 2.33. The van der Waals surface area contributed by atoms with E-state index >= 15 is 0 Å². The molecule has 0 bridgehead atoms. The third-order valence-corrected chi connectivity index (χ3v) is 2.29. The normalized spacial score (nSPS) is 11.4. The van der Waals surface area contributed by atoms with Crippen molar-refractivity contribution in [3.05, 3.63) is 0 Å². The molecule has 3 N–H and O–H groups in total. The van der Waals surface area contributed by atoms with Crippen molar-refractivity contribution in [2.45, 2.75) is 38.6 Å². The van der Waals surface area contributed by atoms with Gasteiger partial charge in [-0.1, -0.05) is 19.8 Å². The van der Waals surface area contributed by atoms with E-state index in [0.29, 0.717) is 6.42 Å². The lowest BCUT2D eigenvalue weighted by atomic mass is 10.1. The maximum atomic E-state index is 11.4. The Morgan fingerprint density at radius 3 is 2.50 bits per heavy atom. The summed E-state index contributed by atoms with van der Waals surface area (Å²) in [6.07, 6.45) is 2.02. The quantitative estimate of drug-likeness (QED) is 0.551. The minimum Gasteiger partial charge on any atom is -0.480 e. The summed E-state index contributed by atoms with van der Waals surface area (Å²) in [4.78, 5) is 33.0. The summed E-state index contributed by atoms with van der Waals surface area (Å²) >= 11 is 0. The van der Waals surface area contributed by atoms with Crippen LogP contribution in [-0.2, 0) is 14.3 Å². The number of carbonyl (C=O) groups is 3. The predicted octanol–water partition coefficient (Wildman–Crippen LogP) is 0.492. The topological polar surface area (TPSA) is 105 Å². The number of methoxy groups -OCH3 is 1. The van der Waals surface area contributed by atoms with Crippen LogP contribution >= 0.6 is 0 Å². The number of rotatable bonds is 8. The standard InChI is InChI=1S/C11H20N2O5/c1-3-4-5-8(10(15)16)13-11(17)12-7-6-9(14)18-2/h8H,3-7H2,1-2H3,(H,15,16)(H2,12,13,17). The van der Waals surface area contributed by atoms with Crippen LogP contribution in [0.3, 0.4) is 0 Å². The minimum absolute atomic E-state index is 0.0522. The van der Waals surface area contributed by atoms with Crippen molar-refractivity contribution in [2.75, 3.05) is 13.7 Å². The van der Waals surface area contributed by atoms with Gasteiger partial charge in [0, 0.05) is 6.54 Å². The average molecular weight is 260 g/mol. The fourth-order valence-corrected chi connectivity index (χ4v) is 1.26. The number of ether oxygens (including phenoxy) is 1. The number of urea groups is 1. The SMILES string of the molecule is CCCCC(NC(=O)NCCC(=O)OC)C(=O)O. The number of hydrogen-bond donors (Lipinski definition) is 3. The van der Waals surface area contributed by atoms with Gasteiger partial charge in [0.05, 0.1) is 13.5 Å². The molecule has 1 atom stereocenters. The number of hydrogen-bond acceptors (Lipinski definition) is 4. The van der Waals surface area contributed by atoms with Gasteiger partial charge in [0.1, 0.15) is 6.04 Å². The van der Waals surface area contributed by atoms with Crippen LogP contribution < -0.4 is 10.6 Å². The van der Waals surface area contributed by atoms with Crippen molar-refractivity contribution >= 4 is 18.0 Å². The largest absolute Gasteiger partial charge is 0.480 e. The van der Waals surface area contributed by atoms with E-state index in [-0.39, 0.29) is 13.0 Å². The molecule has 0 spiro atoms. The van der Waals surface area contributed by atoms with Crippen LogP contribution in [-0.4, -0.2) is 42.8 Å². The van der Waals surface area contributed by atoms with E-state index in [1.807, 2.05) is 6.92 Å². The lowest BCUT2D eigenvalue weighted by Gasteiger charge is -2.14. The molecule has 7 nitrogen and oxygen atoms in total. The molecule has 0 aromatic heterocycles. The Bertz CT molecular complexity index is 293. The molecule has 1 unspecified atom stereocenters. The summed E-state index contributed by atoms with van der Waals surface area (Å²) in [5.41, 5.74) is 0. The molecule has 2 amide bonds. The first-order valence-electron chi connectivity index (χ1n) is 5.85. The van der Waals surface area contributed by atoms with Gasteiger partial charge in [-0.05, 0) is 6.42 Å². The summed E-state index contributed by atoms with van der Waals surface area (Å²) in [5.74, 6) is -1.50. The van der Waals surface area contributed by atoms with Crippen LogP contribution in [0.5, 0.6) is 0 Å². The summed E-state index contributed by atoms with van der Waals surface area (Å²) in [6.45, 7) is 2.05. The molecule has 0 rings (SSSR count). The molecule has 0 aliphatic heterocycles. The molecule has 18 heavy (non-hydrogen) atoms. The number of aliphatic carboxylic acids is 1. The molecule has 0 aromatic rings. The van der Waals surface area contributed by atoms with E-state index in [4.69, 9.17) is 5.11 Å². The Kier molecular flexibility index (Phi) is 8.34. The third kappa shape index (κ3) is 7.48. The van der Waals surface area contributed by atoms with Crippen molar-refractivity contribution in [3.63, 3.8) is 0 Å². The second-order valence-corrected chi connectivity index (χ2v) is 3.76. The second-order valence-electron chi connectivity index (χ2n) is 3.76. The van der Waals surface area contributed by atoms with Crippen molar-refractivity contribution in [3.8, 4) is 0 Å². The van der Waals surface area contributed by atoms with E-state index in [1.54, 1.807) is 0 Å². The van der Waals surface area contributed by atoms with Crippen LogP contribution in [0.2, 0.25) is 0 Å². The lowest BCUT2D eigenvalue weighted by molar-refractivity contribution is -0.141. The summed E-state index contributed by atoms with van der Waals surface area (Å²) in [6, 6.07) is -1.49. The van der Waals surface area contributed by atoms with Gasteiger partial charge < -0.3 is 20.5 Å². The Morgan fingerprint density at radius 2 is 2.00 bits per heavy atom. The van der Waals surface area contributed by atoms with Gasteiger partial charge in [0.2, 0.25) is 0 Å². The molecule has 104 valence electrons. The maximum Gasteiger partial charge on any atom is 0.326 e. The van der Waals surface area contributed by atoms with Crippen LogP contribution in [0.4, 0.5) is 4.79 Å². The molecule has 0 saturated heterocycles. The molecule has 0 fully saturated rings. The Labute approximate surface area is 106 Å². The van der Waals surface area contributed by atoms with E-state index in [2.05, 4.69) is 15.4 Å². The summed E-state index contributed by atoms with van der Waals surface area (Å²) < 4.78 is 4.40. The number of carboxylic acid groups (broad SMARTS) is 1. The van der Waals surface area contributed by atoms with Gasteiger partial charge >= 0.3 is 18.0 Å². The third-order valence-electron chi connectivity index (χ3n) is 2.29. The Hall–Kier alpha value is -1.79. The van der Waals surface area contributed by atoms with Crippen molar-refractivity contribution < 1.29 is 24.2 Å². The highest BCUT2D eigenvalue weighted by atomic mass is 16.5. The van der Waals surface area contributed by atoms with Gasteiger partial charge in [-0.2, -0.15) is 0 Å². The number of amides is 2. The highest BCUT2D eigenvalue weighted by Crippen LogP contribution is 2.00. The van der Waals surface area contributed by atoms with Gasteiger partial charge in [-0.15, -0.1) is 0 Å². The smallest absolute Gasteiger partial charge is 0.326 e. The highest BCUT2D eigenvalue weighted by Gasteiger charge is 2.18. The van der Waals surface area contributed by atoms with Gasteiger partial charge in [0.25, 0.3) is 0 Å². The first kappa shape index (κ1) is 16.2. The molecule has 7 heteroatoms. The Balaban J connectivity index is 3.94. The van der Waals surface area contributed by atoms with Crippen molar-refractivity contribution in [1.82, 2.24) is 10.6 Å². The Morgan fingerprint density at radius 1 is 1.33 bits per heavy atom. The fourth-order valence-electron chi connectivity index (χ4n) is 1.26. The summed E-state index contributed by atoms with van der Waals surface area (Å²) in [7, 11) is 1.26. The number of carbonyl (C=O) groups excluding carboxylic acids is 2. The van der Waals surface area contributed by atoms with Crippen LogP contribution in [0.1, 0.15) is 32.6 Å². The minimum atomic E-state index is -1.06.